The van der Waals surface area contributed by atoms with E-state index >= 15 is 0 Å². The molecular formula is C21H16ClN3O. The van der Waals surface area contributed by atoms with Gasteiger partial charge in [-0.25, -0.2) is 4.98 Å². The summed E-state index contributed by atoms with van der Waals surface area (Å²) in [5.41, 5.74) is 4.34. The van der Waals surface area contributed by atoms with Gasteiger partial charge in [0.25, 0.3) is 0 Å². The summed E-state index contributed by atoms with van der Waals surface area (Å²) in [7, 11) is 0. The smallest absolute Gasteiger partial charge is 0.228 e. The minimum atomic E-state index is -0.111. The first kappa shape index (κ1) is 16.4. The van der Waals surface area contributed by atoms with E-state index in [9.17, 15) is 4.79 Å². The number of carbonyl (C=O) groups is 1. The molecule has 0 saturated carbocycles. The zero-order chi connectivity index (χ0) is 17.9. The van der Waals surface area contributed by atoms with Crippen molar-refractivity contribution in [3.8, 4) is 11.4 Å². The number of aromatic nitrogens is 2. The van der Waals surface area contributed by atoms with E-state index in [-0.39, 0.29) is 12.3 Å². The van der Waals surface area contributed by atoms with Crippen LogP contribution in [0.1, 0.15) is 5.56 Å². The van der Waals surface area contributed by atoms with Crippen LogP contribution in [0.4, 0.5) is 5.69 Å². The number of fused-ring (bicyclic) bond motifs is 1. The maximum atomic E-state index is 12.3. The third kappa shape index (κ3) is 3.46. The fraction of sp³-hybridized carbons (Fsp3) is 0.0476. The summed E-state index contributed by atoms with van der Waals surface area (Å²) in [6, 6.07) is 22.9. The molecule has 1 amide bonds. The Labute approximate surface area is 155 Å². The number of hydrogen-bond donors (Lipinski definition) is 2. The summed E-state index contributed by atoms with van der Waals surface area (Å²) in [6.45, 7) is 0. The van der Waals surface area contributed by atoms with Gasteiger partial charge in [0, 0.05) is 16.3 Å². The highest BCUT2D eigenvalue weighted by atomic mass is 35.5. The summed E-state index contributed by atoms with van der Waals surface area (Å²) >= 11 is 6.12. The molecule has 0 atom stereocenters. The lowest BCUT2D eigenvalue weighted by Crippen LogP contribution is -2.14. The van der Waals surface area contributed by atoms with E-state index in [4.69, 9.17) is 11.6 Å². The molecule has 26 heavy (non-hydrogen) atoms. The van der Waals surface area contributed by atoms with Crippen molar-refractivity contribution in [3.05, 3.63) is 83.4 Å². The third-order valence-corrected chi connectivity index (χ3v) is 4.49. The minimum Gasteiger partial charge on any atom is -0.338 e. The van der Waals surface area contributed by atoms with Crippen molar-refractivity contribution >= 4 is 34.2 Å². The summed E-state index contributed by atoms with van der Waals surface area (Å²) in [5.74, 6) is 0.660. The number of benzene rings is 3. The molecule has 3 aromatic carbocycles. The van der Waals surface area contributed by atoms with E-state index in [2.05, 4.69) is 15.3 Å². The van der Waals surface area contributed by atoms with Crippen LogP contribution in [0.2, 0.25) is 5.02 Å². The second-order valence-electron chi connectivity index (χ2n) is 6.00. The van der Waals surface area contributed by atoms with Gasteiger partial charge in [0.05, 0.1) is 17.5 Å². The Morgan fingerprint density at radius 1 is 1.00 bits per heavy atom. The Morgan fingerprint density at radius 3 is 2.65 bits per heavy atom. The Morgan fingerprint density at radius 2 is 1.81 bits per heavy atom. The van der Waals surface area contributed by atoms with E-state index in [1.54, 1.807) is 6.07 Å². The molecule has 0 fully saturated rings. The van der Waals surface area contributed by atoms with Crippen LogP contribution in [0.15, 0.2) is 72.8 Å². The van der Waals surface area contributed by atoms with Gasteiger partial charge < -0.3 is 10.3 Å². The predicted octanol–water partition coefficient (Wildman–Crippen LogP) is 5.06. The maximum Gasteiger partial charge on any atom is 0.228 e. The van der Waals surface area contributed by atoms with Crippen molar-refractivity contribution in [1.29, 1.82) is 0 Å². The van der Waals surface area contributed by atoms with Crippen LogP contribution in [0.5, 0.6) is 0 Å². The van der Waals surface area contributed by atoms with E-state index in [0.29, 0.717) is 5.02 Å². The number of para-hydroxylation sites is 2. The van der Waals surface area contributed by atoms with Crippen LogP contribution < -0.4 is 5.32 Å². The first-order chi connectivity index (χ1) is 12.7. The molecule has 4 nitrogen and oxygen atoms in total. The number of anilines is 1. The molecule has 0 aliphatic carbocycles. The van der Waals surface area contributed by atoms with E-state index in [1.165, 1.54) is 0 Å². The van der Waals surface area contributed by atoms with Crippen LogP contribution in [-0.4, -0.2) is 15.9 Å². The summed E-state index contributed by atoms with van der Waals surface area (Å²) in [6.07, 6.45) is 0.231. The quantitative estimate of drug-likeness (QED) is 0.533. The zero-order valence-corrected chi connectivity index (χ0v) is 14.6. The Hall–Kier alpha value is -3.11. The van der Waals surface area contributed by atoms with Gasteiger partial charge in [0.2, 0.25) is 5.91 Å². The van der Waals surface area contributed by atoms with Gasteiger partial charge >= 0.3 is 0 Å². The molecule has 0 radical (unpaired) electrons. The third-order valence-electron chi connectivity index (χ3n) is 4.12. The number of nitrogens with one attached hydrogen (secondary N) is 2. The van der Waals surface area contributed by atoms with Gasteiger partial charge in [-0.3, -0.25) is 4.79 Å². The topological polar surface area (TPSA) is 57.8 Å². The molecule has 4 rings (SSSR count). The lowest BCUT2D eigenvalue weighted by Gasteiger charge is -2.07. The number of nitrogens with zero attached hydrogens (tertiary/aromatic N) is 1. The van der Waals surface area contributed by atoms with Crippen LogP contribution in [-0.2, 0) is 11.2 Å². The fourth-order valence-electron chi connectivity index (χ4n) is 2.85. The van der Waals surface area contributed by atoms with Gasteiger partial charge in [-0.2, -0.15) is 0 Å². The van der Waals surface area contributed by atoms with Crippen molar-refractivity contribution in [2.75, 3.05) is 5.32 Å². The van der Waals surface area contributed by atoms with Gasteiger partial charge in [0.1, 0.15) is 5.82 Å². The molecule has 0 bridgehead atoms. The SMILES string of the molecule is O=C(Cc1ccccc1Cl)Nc1cccc(-c2nc3ccccc3[nH]2)c1. The summed E-state index contributed by atoms with van der Waals surface area (Å²) in [5, 5.41) is 3.52. The maximum absolute atomic E-state index is 12.3. The van der Waals surface area contributed by atoms with Crippen molar-refractivity contribution in [3.63, 3.8) is 0 Å². The summed E-state index contributed by atoms with van der Waals surface area (Å²) in [4.78, 5) is 20.2. The van der Waals surface area contributed by atoms with E-state index in [0.717, 1.165) is 33.7 Å². The monoisotopic (exact) mass is 361 g/mol. The van der Waals surface area contributed by atoms with Gasteiger partial charge in [-0.1, -0.05) is 54.1 Å². The van der Waals surface area contributed by atoms with Crippen LogP contribution in [0.25, 0.3) is 22.4 Å². The van der Waals surface area contributed by atoms with Crippen molar-refractivity contribution < 1.29 is 4.79 Å². The normalized spacial score (nSPS) is 10.8. The molecule has 4 aromatic rings. The lowest BCUT2D eigenvalue weighted by molar-refractivity contribution is -0.115. The number of imidazole rings is 1. The molecule has 2 N–H and O–H groups in total. The highest BCUT2D eigenvalue weighted by molar-refractivity contribution is 6.31. The number of amides is 1. The second kappa shape index (κ2) is 7.02. The zero-order valence-electron chi connectivity index (χ0n) is 13.9. The molecule has 0 spiro atoms. The van der Waals surface area contributed by atoms with E-state index in [1.807, 2.05) is 66.7 Å². The highest BCUT2D eigenvalue weighted by Gasteiger charge is 2.09. The molecule has 128 valence electrons. The second-order valence-corrected chi connectivity index (χ2v) is 6.41. The van der Waals surface area contributed by atoms with Crippen LogP contribution >= 0.6 is 11.6 Å². The molecule has 0 aliphatic heterocycles. The number of hydrogen-bond acceptors (Lipinski definition) is 2. The number of carbonyl (C=O) groups excluding carboxylic acids is 1. The fourth-order valence-corrected chi connectivity index (χ4v) is 3.06. The predicted molar refractivity (Wildman–Crippen MR) is 105 cm³/mol. The molecule has 0 saturated heterocycles. The van der Waals surface area contributed by atoms with Crippen molar-refractivity contribution in [2.45, 2.75) is 6.42 Å². The number of halogens is 1. The molecule has 1 aromatic heterocycles. The largest absolute Gasteiger partial charge is 0.338 e. The standard InChI is InChI=1S/C21H16ClN3O/c22-17-9-2-1-6-14(17)13-20(26)23-16-8-5-7-15(12-16)21-24-18-10-3-4-11-19(18)25-21/h1-12H,13H2,(H,23,26)(H,24,25). The first-order valence-corrected chi connectivity index (χ1v) is 8.65. The van der Waals surface area contributed by atoms with Gasteiger partial charge in [-0.15, -0.1) is 0 Å². The van der Waals surface area contributed by atoms with Crippen LogP contribution in [0, 0.1) is 0 Å². The molecular weight excluding hydrogens is 346 g/mol. The lowest BCUT2D eigenvalue weighted by atomic mass is 10.1. The summed E-state index contributed by atoms with van der Waals surface area (Å²) < 4.78 is 0. The minimum absolute atomic E-state index is 0.111. The molecule has 5 heteroatoms. The van der Waals surface area contributed by atoms with Crippen molar-refractivity contribution in [2.24, 2.45) is 0 Å². The molecule has 0 aliphatic rings. The Balaban J connectivity index is 1.54. The van der Waals surface area contributed by atoms with Gasteiger partial charge in [-0.05, 0) is 35.9 Å². The van der Waals surface area contributed by atoms with E-state index < -0.39 is 0 Å². The average molecular weight is 362 g/mol. The highest BCUT2D eigenvalue weighted by Crippen LogP contribution is 2.23. The van der Waals surface area contributed by atoms with Crippen LogP contribution in [0.3, 0.4) is 0 Å². The van der Waals surface area contributed by atoms with Gasteiger partial charge in [0.15, 0.2) is 0 Å². The number of aromatic amines is 1. The molecule has 0 unspecified atom stereocenters. The average Bonchev–Trinajstić information content (AvgIpc) is 3.08. The number of rotatable bonds is 4. The first-order valence-electron chi connectivity index (χ1n) is 8.27. The Bertz CT molecular complexity index is 1050. The number of H-pyrrole nitrogens is 1. The van der Waals surface area contributed by atoms with Crippen molar-refractivity contribution in [1.82, 2.24) is 9.97 Å². The molecule has 1 heterocycles. The Kier molecular flexibility index (Phi) is 4.42.